The molecule has 0 atom stereocenters. The summed E-state index contributed by atoms with van der Waals surface area (Å²) in [4.78, 5) is 0. The summed E-state index contributed by atoms with van der Waals surface area (Å²) in [5.74, 6) is -0.516. The fourth-order valence-electron chi connectivity index (χ4n) is 1.29. The van der Waals surface area contributed by atoms with E-state index in [9.17, 15) is 9.50 Å². The van der Waals surface area contributed by atoms with Crippen molar-refractivity contribution in [3.8, 4) is 5.75 Å². The summed E-state index contributed by atoms with van der Waals surface area (Å²) in [7, 11) is 0. The van der Waals surface area contributed by atoms with Gasteiger partial charge in [-0.2, -0.15) is 0 Å². The van der Waals surface area contributed by atoms with Crippen molar-refractivity contribution in [2.45, 2.75) is 0 Å². The first-order chi connectivity index (χ1) is 6.20. The van der Waals surface area contributed by atoms with Gasteiger partial charge >= 0.3 is 0 Å². The fraction of sp³-hybridized carbons (Fsp3) is 0. The highest BCUT2D eigenvalue weighted by molar-refractivity contribution is 6.36. The highest BCUT2D eigenvalue weighted by atomic mass is 35.5. The Morgan fingerprint density at radius 2 is 1.92 bits per heavy atom. The minimum absolute atomic E-state index is 0.00185. The molecule has 1 N–H and O–H groups in total. The number of aromatic hydroxyl groups is 1. The molecule has 0 aliphatic heterocycles. The molecule has 0 aliphatic carbocycles. The van der Waals surface area contributed by atoms with E-state index in [1.165, 1.54) is 12.1 Å². The molecule has 66 valence electrons. The Morgan fingerprint density at radius 3 is 2.69 bits per heavy atom. The molecule has 0 amide bonds. The van der Waals surface area contributed by atoms with Gasteiger partial charge in [-0.1, -0.05) is 29.8 Å². The lowest BCUT2D eigenvalue weighted by Crippen LogP contribution is -1.80. The molecule has 0 saturated heterocycles. The van der Waals surface area contributed by atoms with Crippen LogP contribution in [0.2, 0.25) is 5.02 Å². The number of fused-ring (bicyclic) bond motifs is 1. The molecule has 13 heavy (non-hydrogen) atoms. The van der Waals surface area contributed by atoms with Crippen molar-refractivity contribution >= 4 is 22.4 Å². The third kappa shape index (κ3) is 1.23. The average Bonchev–Trinajstić information content (AvgIpc) is 2.12. The predicted octanol–water partition coefficient (Wildman–Crippen LogP) is 3.34. The maximum absolute atomic E-state index is 13.0. The summed E-state index contributed by atoms with van der Waals surface area (Å²) in [6.07, 6.45) is 0. The van der Waals surface area contributed by atoms with Gasteiger partial charge in [0.15, 0.2) is 0 Å². The van der Waals surface area contributed by atoms with E-state index in [2.05, 4.69) is 0 Å². The monoisotopic (exact) mass is 196 g/mol. The summed E-state index contributed by atoms with van der Waals surface area (Å²) < 4.78 is 13.0. The van der Waals surface area contributed by atoms with E-state index in [4.69, 9.17) is 11.6 Å². The van der Waals surface area contributed by atoms with Gasteiger partial charge in [0.1, 0.15) is 11.6 Å². The van der Waals surface area contributed by atoms with E-state index < -0.39 is 5.82 Å². The minimum Gasteiger partial charge on any atom is -0.507 e. The normalized spacial score (nSPS) is 10.6. The number of phenols is 1. The summed E-state index contributed by atoms with van der Waals surface area (Å²) in [6.45, 7) is 0. The number of rotatable bonds is 0. The van der Waals surface area contributed by atoms with Crippen LogP contribution in [0.5, 0.6) is 5.75 Å². The second-order valence-electron chi connectivity index (χ2n) is 2.74. The van der Waals surface area contributed by atoms with E-state index in [1.807, 2.05) is 0 Å². The van der Waals surface area contributed by atoms with Gasteiger partial charge in [0, 0.05) is 5.39 Å². The van der Waals surface area contributed by atoms with Crippen LogP contribution in [-0.4, -0.2) is 5.11 Å². The van der Waals surface area contributed by atoms with Gasteiger partial charge in [-0.25, -0.2) is 4.39 Å². The van der Waals surface area contributed by atoms with Crippen LogP contribution in [0.4, 0.5) is 4.39 Å². The molecule has 0 aliphatic rings. The van der Waals surface area contributed by atoms with E-state index in [0.717, 1.165) is 5.39 Å². The van der Waals surface area contributed by atoms with Crippen LogP contribution in [0.3, 0.4) is 0 Å². The third-order valence-corrected chi connectivity index (χ3v) is 2.28. The van der Waals surface area contributed by atoms with Gasteiger partial charge in [0.05, 0.1) is 5.02 Å². The van der Waals surface area contributed by atoms with E-state index in [1.54, 1.807) is 18.2 Å². The second kappa shape index (κ2) is 2.89. The lowest BCUT2D eigenvalue weighted by atomic mass is 10.1. The molecule has 0 heterocycles. The fourth-order valence-corrected chi connectivity index (χ4v) is 1.56. The van der Waals surface area contributed by atoms with Crippen LogP contribution < -0.4 is 0 Å². The predicted molar refractivity (Wildman–Crippen MR) is 50.6 cm³/mol. The molecule has 0 bridgehead atoms. The first-order valence-corrected chi connectivity index (χ1v) is 4.13. The van der Waals surface area contributed by atoms with E-state index in [-0.39, 0.29) is 10.8 Å². The lowest BCUT2D eigenvalue weighted by Gasteiger charge is -2.03. The van der Waals surface area contributed by atoms with Gasteiger partial charge < -0.3 is 5.11 Å². The number of hydrogen-bond acceptors (Lipinski definition) is 1. The summed E-state index contributed by atoms with van der Waals surface area (Å²) >= 11 is 5.70. The molecular weight excluding hydrogens is 191 g/mol. The van der Waals surface area contributed by atoms with Crippen molar-refractivity contribution in [2.24, 2.45) is 0 Å². The van der Waals surface area contributed by atoms with Gasteiger partial charge in [0.25, 0.3) is 0 Å². The molecule has 2 rings (SSSR count). The van der Waals surface area contributed by atoms with E-state index in [0.29, 0.717) is 5.39 Å². The quantitative estimate of drug-likeness (QED) is 0.685. The van der Waals surface area contributed by atoms with Crippen LogP contribution in [0.1, 0.15) is 0 Å². The van der Waals surface area contributed by atoms with Gasteiger partial charge in [0.2, 0.25) is 0 Å². The van der Waals surface area contributed by atoms with Gasteiger partial charge in [-0.15, -0.1) is 0 Å². The van der Waals surface area contributed by atoms with Gasteiger partial charge in [-0.3, -0.25) is 0 Å². The van der Waals surface area contributed by atoms with Crippen LogP contribution >= 0.6 is 11.6 Å². The Bertz CT molecular complexity index is 468. The first-order valence-electron chi connectivity index (χ1n) is 3.76. The smallest absolute Gasteiger partial charge is 0.142 e. The number of benzene rings is 2. The molecule has 0 radical (unpaired) electrons. The van der Waals surface area contributed by atoms with Crippen molar-refractivity contribution in [3.05, 3.63) is 41.2 Å². The summed E-state index contributed by atoms with van der Waals surface area (Å²) in [5, 5.41) is 10.5. The van der Waals surface area contributed by atoms with Crippen molar-refractivity contribution in [1.82, 2.24) is 0 Å². The van der Waals surface area contributed by atoms with Crippen LogP contribution in [0.15, 0.2) is 30.3 Å². The number of phenolic OH excluding ortho intramolecular Hbond substituents is 1. The van der Waals surface area contributed by atoms with Crippen LogP contribution in [0, 0.1) is 5.82 Å². The van der Waals surface area contributed by atoms with Crippen LogP contribution in [0.25, 0.3) is 10.8 Å². The SMILES string of the molecule is Oc1cccc2ccc(F)c(Cl)c12. The Labute approximate surface area is 79.4 Å². The van der Waals surface area contributed by atoms with Crippen LogP contribution in [-0.2, 0) is 0 Å². The standard InChI is InChI=1S/C10H6ClFO/c11-10-7(12)5-4-6-2-1-3-8(13)9(6)10/h1-5,13H. The molecule has 1 nitrogen and oxygen atoms in total. The van der Waals surface area contributed by atoms with E-state index >= 15 is 0 Å². The van der Waals surface area contributed by atoms with Crippen molar-refractivity contribution in [1.29, 1.82) is 0 Å². The Morgan fingerprint density at radius 1 is 1.15 bits per heavy atom. The zero-order chi connectivity index (χ0) is 9.42. The van der Waals surface area contributed by atoms with Gasteiger partial charge in [-0.05, 0) is 17.5 Å². The molecule has 0 unspecified atom stereocenters. The Hall–Kier alpha value is -1.28. The molecular formula is C10H6ClFO. The molecule has 0 aromatic heterocycles. The molecule has 0 saturated carbocycles. The molecule has 2 aromatic carbocycles. The molecule has 3 heteroatoms. The van der Waals surface area contributed by atoms with Crippen molar-refractivity contribution < 1.29 is 9.50 Å². The number of hydrogen-bond donors (Lipinski definition) is 1. The largest absolute Gasteiger partial charge is 0.507 e. The van der Waals surface area contributed by atoms with Crippen molar-refractivity contribution in [3.63, 3.8) is 0 Å². The summed E-state index contributed by atoms with van der Waals surface area (Å²) in [6, 6.07) is 7.79. The number of halogens is 2. The average molecular weight is 197 g/mol. The Balaban J connectivity index is 2.97. The minimum atomic E-state index is -0.518. The second-order valence-corrected chi connectivity index (χ2v) is 3.11. The third-order valence-electron chi connectivity index (χ3n) is 1.91. The highest BCUT2D eigenvalue weighted by Gasteiger charge is 2.07. The maximum Gasteiger partial charge on any atom is 0.142 e. The highest BCUT2D eigenvalue weighted by Crippen LogP contribution is 2.32. The summed E-state index contributed by atoms with van der Waals surface area (Å²) in [5.41, 5.74) is 0. The molecule has 0 fully saturated rings. The molecule has 2 aromatic rings. The maximum atomic E-state index is 13.0. The molecule has 0 spiro atoms. The first kappa shape index (κ1) is 8.32. The lowest BCUT2D eigenvalue weighted by molar-refractivity contribution is 0.481. The van der Waals surface area contributed by atoms with Crippen molar-refractivity contribution in [2.75, 3.05) is 0 Å². The zero-order valence-electron chi connectivity index (χ0n) is 6.59. The Kier molecular flexibility index (Phi) is 1.85. The zero-order valence-corrected chi connectivity index (χ0v) is 7.35. The topological polar surface area (TPSA) is 20.2 Å².